The Morgan fingerprint density at radius 1 is 1.24 bits per heavy atom. The smallest absolute Gasteiger partial charge is 0.270 e. The molecule has 0 saturated heterocycles. The number of aromatic nitrogens is 2. The van der Waals surface area contributed by atoms with Gasteiger partial charge in [0.15, 0.2) is 0 Å². The summed E-state index contributed by atoms with van der Waals surface area (Å²) in [6.07, 6.45) is 2.29. The van der Waals surface area contributed by atoms with Gasteiger partial charge in [-0.3, -0.25) is 4.79 Å². The summed E-state index contributed by atoms with van der Waals surface area (Å²) in [5.74, 6) is 0.470. The zero-order valence-corrected chi connectivity index (χ0v) is 12.3. The van der Waals surface area contributed by atoms with Crippen LogP contribution in [-0.2, 0) is 6.54 Å². The van der Waals surface area contributed by atoms with Crippen molar-refractivity contribution in [2.45, 2.75) is 32.9 Å². The molecule has 0 aliphatic heterocycles. The number of nitrogens with zero attached hydrogens (tertiary/aromatic N) is 2. The van der Waals surface area contributed by atoms with Crippen molar-refractivity contribution in [3.8, 4) is 0 Å². The van der Waals surface area contributed by atoms with E-state index >= 15 is 0 Å². The van der Waals surface area contributed by atoms with Gasteiger partial charge in [0.05, 0.1) is 0 Å². The highest BCUT2D eigenvalue weighted by Crippen LogP contribution is 2.07. The maximum Gasteiger partial charge on any atom is 0.270 e. The zero-order chi connectivity index (χ0) is 15.1. The van der Waals surface area contributed by atoms with Gasteiger partial charge in [-0.2, -0.15) is 0 Å². The molecule has 1 aromatic carbocycles. The maximum absolute atomic E-state index is 12.0. The second kappa shape index (κ2) is 7.38. The average Bonchev–Trinajstić information content (AvgIpc) is 2.54. The van der Waals surface area contributed by atoms with Crippen LogP contribution < -0.4 is 10.6 Å². The third kappa shape index (κ3) is 4.56. The highest BCUT2D eigenvalue weighted by atomic mass is 16.1. The number of anilines is 1. The first-order chi connectivity index (χ1) is 10.2. The van der Waals surface area contributed by atoms with Crippen molar-refractivity contribution < 1.29 is 4.79 Å². The van der Waals surface area contributed by atoms with E-state index in [4.69, 9.17) is 0 Å². The molecule has 21 heavy (non-hydrogen) atoms. The molecule has 5 nitrogen and oxygen atoms in total. The van der Waals surface area contributed by atoms with E-state index in [-0.39, 0.29) is 11.9 Å². The number of rotatable bonds is 6. The lowest BCUT2D eigenvalue weighted by Crippen LogP contribution is -2.32. The fraction of sp³-hybridized carbons (Fsp3) is 0.312. The van der Waals surface area contributed by atoms with Crippen LogP contribution >= 0.6 is 0 Å². The Balaban J connectivity index is 1.99. The van der Waals surface area contributed by atoms with Crippen LogP contribution in [0.15, 0.2) is 42.7 Å². The fourth-order valence-electron chi connectivity index (χ4n) is 1.77. The summed E-state index contributed by atoms with van der Waals surface area (Å²) in [5, 5.41) is 6.08. The van der Waals surface area contributed by atoms with Gasteiger partial charge in [-0.25, -0.2) is 9.97 Å². The first-order valence-corrected chi connectivity index (χ1v) is 7.09. The minimum atomic E-state index is -0.172. The van der Waals surface area contributed by atoms with Crippen molar-refractivity contribution in [1.29, 1.82) is 0 Å². The number of carbonyl (C=O) groups excluding carboxylic acids is 1. The van der Waals surface area contributed by atoms with E-state index in [9.17, 15) is 4.79 Å². The Kier molecular flexibility index (Phi) is 5.26. The molecule has 1 atom stereocenters. The van der Waals surface area contributed by atoms with Gasteiger partial charge in [0.2, 0.25) is 0 Å². The van der Waals surface area contributed by atoms with Crippen LogP contribution in [0.1, 0.15) is 36.3 Å². The Morgan fingerprint density at radius 3 is 2.71 bits per heavy atom. The van der Waals surface area contributed by atoms with E-state index in [2.05, 4.69) is 20.6 Å². The maximum atomic E-state index is 12.0. The van der Waals surface area contributed by atoms with E-state index < -0.39 is 0 Å². The highest BCUT2D eigenvalue weighted by molar-refractivity contribution is 5.93. The fourth-order valence-corrected chi connectivity index (χ4v) is 1.77. The molecule has 1 aromatic heterocycles. The first kappa shape index (κ1) is 15.0. The van der Waals surface area contributed by atoms with E-state index in [1.807, 2.05) is 44.2 Å². The minimum Gasteiger partial charge on any atom is -0.366 e. The molecule has 0 saturated carbocycles. The van der Waals surface area contributed by atoms with Crippen LogP contribution in [0.5, 0.6) is 0 Å². The summed E-state index contributed by atoms with van der Waals surface area (Å²) in [6, 6.07) is 11.8. The van der Waals surface area contributed by atoms with Crippen LogP contribution in [0, 0.1) is 0 Å². The summed E-state index contributed by atoms with van der Waals surface area (Å²) in [6.45, 7) is 4.65. The summed E-state index contributed by atoms with van der Waals surface area (Å²) in [4.78, 5) is 20.2. The molecule has 2 rings (SSSR count). The molecule has 0 aliphatic carbocycles. The summed E-state index contributed by atoms with van der Waals surface area (Å²) >= 11 is 0. The number of nitrogens with one attached hydrogen (secondary N) is 2. The molecule has 1 amide bonds. The van der Waals surface area contributed by atoms with Crippen molar-refractivity contribution >= 4 is 11.7 Å². The lowest BCUT2D eigenvalue weighted by atomic mass is 10.2. The molecular formula is C16H20N4O. The van der Waals surface area contributed by atoms with Gasteiger partial charge in [0.1, 0.15) is 17.8 Å². The average molecular weight is 284 g/mol. The van der Waals surface area contributed by atoms with Crippen molar-refractivity contribution in [3.63, 3.8) is 0 Å². The van der Waals surface area contributed by atoms with Gasteiger partial charge >= 0.3 is 0 Å². The lowest BCUT2D eigenvalue weighted by Gasteiger charge is -2.11. The molecule has 0 radical (unpaired) electrons. The predicted molar refractivity (Wildman–Crippen MR) is 83.0 cm³/mol. The second-order valence-electron chi connectivity index (χ2n) is 4.91. The molecule has 2 N–H and O–H groups in total. The molecule has 1 unspecified atom stereocenters. The molecule has 0 fully saturated rings. The Hall–Kier alpha value is -2.43. The predicted octanol–water partition coefficient (Wildman–Crippen LogP) is 2.62. The molecule has 1 heterocycles. The van der Waals surface area contributed by atoms with Gasteiger partial charge in [-0.1, -0.05) is 37.3 Å². The molecule has 2 aromatic rings. The standard InChI is InChI=1S/C16H20N4O/c1-3-12(2)20-16(21)14-9-15(19-11-18-14)17-10-13-7-5-4-6-8-13/h4-9,11-12H,3,10H2,1-2H3,(H,20,21)(H,17,18,19). The van der Waals surface area contributed by atoms with E-state index in [0.717, 1.165) is 12.0 Å². The van der Waals surface area contributed by atoms with Crippen molar-refractivity contribution in [1.82, 2.24) is 15.3 Å². The van der Waals surface area contributed by atoms with Crippen molar-refractivity contribution in [2.75, 3.05) is 5.32 Å². The minimum absolute atomic E-state index is 0.133. The monoisotopic (exact) mass is 284 g/mol. The number of amides is 1. The van der Waals surface area contributed by atoms with Crippen molar-refractivity contribution in [3.05, 3.63) is 54.0 Å². The SMILES string of the molecule is CCC(C)NC(=O)c1cc(NCc2ccccc2)ncn1. The highest BCUT2D eigenvalue weighted by Gasteiger charge is 2.10. The van der Waals surface area contributed by atoms with Crippen LogP contribution in [0.25, 0.3) is 0 Å². The van der Waals surface area contributed by atoms with Crippen LogP contribution in [0.2, 0.25) is 0 Å². The van der Waals surface area contributed by atoms with E-state index in [1.165, 1.54) is 6.33 Å². The summed E-state index contributed by atoms with van der Waals surface area (Å²) < 4.78 is 0. The Labute approximate surface area is 124 Å². The first-order valence-electron chi connectivity index (χ1n) is 7.09. The number of hydrogen-bond donors (Lipinski definition) is 2. The van der Waals surface area contributed by atoms with E-state index in [0.29, 0.717) is 18.1 Å². The number of hydrogen-bond acceptors (Lipinski definition) is 4. The summed E-state index contributed by atoms with van der Waals surface area (Å²) in [5.41, 5.74) is 1.53. The molecule has 0 spiro atoms. The zero-order valence-electron chi connectivity index (χ0n) is 12.3. The normalized spacial score (nSPS) is 11.7. The molecule has 0 bridgehead atoms. The second-order valence-corrected chi connectivity index (χ2v) is 4.91. The van der Waals surface area contributed by atoms with Crippen LogP contribution in [0.4, 0.5) is 5.82 Å². The summed E-state index contributed by atoms with van der Waals surface area (Å²) in [7, 11) is 0. The molecule has 5 heteroatoms. The lowest BCUT2D eigenvalue weighted by molar-refractivity contribution is 0.0934. The van der Waals surface area contributed by atoms with Gasteiger partial charge in [0, 0.05) is 18.7 Å². The van der Waals surface area contributed by atoms with E-state index in [1.54, 1.807) is 6.07 Å². The molecular weight excluding hydrogens is 264 g/mol. The molecule has 110 valence electrons. The molecule has 0 aliphatic rings. The van der Waals surface area contributed by atoms with Gasteiger partial charge in [-0.15, -0.1) is 0 Å². The van der Waals surface area contributed by atoms with Crippen molar-refractivity contribution in [2.24, 2.45) is 0 Å². The Bertz CT molecular complexity index is 586. The number of carbonyl (C=O) groups is 1. The topological polar surface area (TPSA) is 66.9 Å². The third-order valence-corrected chi connectivity index (χ3v) is 3.21. The Morgan fingerprint density at radius 2 is 2.00 bits per heavy atom. The van der Waals surface area contributed by atoms with Gasteiger partial charge < -0.3 is 10.6 Å². The van der Waals surface area contributed by atoms with Gasteiger partial charge in [-0.05, 0) is 18.9 Å². The third-order valence-electron chi connectivity index (χ3n) is 3.21. The van der Waals surface area contributed by atoms with Crippen LogP contribution in [-0.4, -0.2) is 21.9 Å². The van der Waals surface area contributed by atoms with Crippen LogP contribution in [0.3, 0.4) is 0 Å². The van der Waals surface area contributed by atoms with Gasteiger partial charge in [0.25, 0.3) is 5.91 Å². The number of benzene rings is 1. The largest absolute Gasteiger partial charge is 0.366 e. The quantitative estimate of drug-likeness (QED) is 0.855.